The molecule has 1 aliphatic heterocycles. The molecule has 17 heavy (non-hydrogen) atoms. The van der Waals surface area contributed by atoms with Crippen molar-refractivity contribution < 1.29 is 9.90 Å². The molecular formula is C11H10ClN3O2. The smallest absolute Gasteiger partial charge is 0.326 e. The SMILES string of the molecule is N#Cc1cnc(N2CCC[C@H]2C(=O)O)c(Cl)c1. The Hall–Kier alpha value is -1.80. The molecule has 1 aromatic rings. The predicted molar refractivity (Wildman–Crippen MR) is 62.0 cm³/mol. The van der Waals surface area contributed by atoms with E-state index in [1.165, 1.54) is 12.3 Å². The number of hydrogen-bond donors (Lipinski definition) is 1. The zero-order valence-corrected chi connectivity index (χ0v) is 9.68. The van der Waals surface area contributed by atoms with Crippen molar-refractivity contribution in [3.63, 3.8) is 0 Å². The number of nitrogens with zero attached hydrogens (tertiary/aromatic N) is 3. The highest BCUT2D eigenvalue weighted by Crippen LogP contribution is 2.30. The third kappa shape index (κ3) is 2.17. The van der Waals surface area contributed by atoms with Gasteiger partial charge in [-0.05, 0) is 18.9 Å². The summed E-state index contributed by atoms with van der Waals surface area (Å²) in [7, 11) is 0. The lowest BCUT2D eigenvalue weighted by Gasteiger charge is -2.23. The molecule has 1 atom stereocenters. The Bertz CT molecular complexity index is 498. The molecule has 0 saturated carbocycles. The molecule has 88 valence electrons. The van der Waals surface area contributed by atoms with Crippen LogP contribution < -0.4 is 4.90 Å². The lowest BCUT2D eigenvalue weighted by Crippen LogP contribution is -2.36. The highest BCUT2D eigenvalue weighted by molar-refractivity contribution is 6.33. The highest BCUT2D eigenvalue weighted by atomic mass is 35.5. The molecule has 0 aliphatic carbocycles. The fraction of sp³-hybridized carbons (Fsp3) is 0.364. The van der Waals surface area contributed by atoms with Crippen molar-refractivity contribution in [1.82, 2.24) is 4.98 Å². The van der Waals surface area contributed by atoms with Crippen molar-refractivity contribution in [2.45, 2.75) is 18.9 Å². The standard InChI is InChI=1S/C11H10ClN3O2/c12-8-4-7(5-13)6-14-10(8)15-3-1-2-9(15)11(16)17/h4,6,9H,1-3H2,(H,16,17)/t9-/m0/s1. The summed E-state index contributed by atoms with van der Waals surface area (Å²) in [4.78, 5) is 16.8. The molecule has 0 amide bonds. The summed E-state index contributed by atoms with van der Waals surface area (Å²) >= 11 is 6.01. The molecule has 0 spiro atoms. The number of aromatic nitrogens is 1. The Labute approximate surface area is 103 Å². The van der Waals surface area contributed by atoms with Crippen LogP contribution in [0.5, 0.6) is 0 Å². The van der Waals surface area contributed by atoms with Crippen molar-refractivity contribution in [2.24, 2.45) is 0 Å². The molecule has 1 saturated heterocycles. The number of pyridine rings is 1. The Morgan fingerprint density at radius 2 is 2.47 bits per heavy atom. The fourth-order valence-electron chi connectivity index (χ4n) is 1.98. The molecular weight excluding hydrogens is 242 g/mol. The van der Waals surface area contributed by atoms with Crippen molar-refractivity contribution in [1.29, 1.82) is 5.26 Å². The molecule has 5 nitrogen and oxygen atoms in total. The maximum atomic E-state index is 11.1. The molecule has 1 aromatic heterocycles. The average Bonchev–Trinajstić information content (AvgIpc) is 2.77. The zero-order valence-electron chi connectivity index (χ0n) is 8.93. The first-order chi connectivity index (χ1) is 8.13. The summed E-state index contributed by atoms with van der Waals surface area (Å²) < 4.78 is 0. The van der Waals surface area contributed by atoms with Gasteiger partial charge < -0.3 is 10.0 Å². The van der Waals surface area contributed by atoms with Crippen molar-refractivity contribution in [2.75, 3.05) is 11.4 Å². The van der Waals surface area contributed by atoms with Crippen LogP contribution in [0.2, 0.25) is 5.02 Å². The van der Waals surface area contributed by atoms with Gasteiger partial charge in [-0.2, -0.15) is 5.26 Å². The topological polar surface area (TPSA) is 77.2 Å². The molecule has 6 heteroatoms. The summed E-state index contributed by atoms with van der Waals surface area (Å²) in [5.74, 6) is -0.430. The van der Waals surface area contributed by atoms with E-state index in [2.05, 4.69) is 4.98 Å². The van der Waals surface area contributed by atoms with Crippen molar-refractivity contribution >= 4 is 23.4 Å². The minimum atomic E-state index is -0.871. The van der Waals surface area contributed by atoms with E-state index >= 15 is 0 Å². The molecule has 0 radical (unpaired) electrons. The molecule has 0 bridgehead atoms. The number of nitriles is 1. The van der Waals surface area contributed by atoms with E-state index in [1.54, 1.807) is 4.90 Å². The quantitative estimate of drug-likeness (QED) is 0.865. The zero-order chi connectivity index (χ0) is 12.4. The Morgan fingerprint density at radius 1 is 1.71 bits per heavy atom. The van der Waals surface area contributed by atoms with E-state index in [-0.39, 0.29) is 0 Å². The van der Waals surface area contributed by atoms with Crippen LogP contribution in [0.25, 0.3) is 0 Å². The van der Waals surface area contributed by atoms with E-state index in [0.717, 1.165) is 6.42 Å². The van der Waals surface area contributed by atoms with E-state index in [9.17, 15) is 4.79 Å². The second-order valence-electron chi connectivity index (χ2n) is 3.83. The number of rotatable bonds is 2. The molecule has 2 rings (SSSR count). The maximum Gasteiger partial charge on any atom is 0.326 e. The van der Waals surface area contributed by atoms with Crippen molar-refractivity contribution in [3.8, 4) is 6.07 Å². The second kappa shape index (κ2) is 4.60. The van der Waals surface area contributed by atoms with Crippen molar-refractivity contribution in [3.05, 3.63) is 22.8 Å². The van der Waals surface area contributed by atoms with Gasteiger partial charge in [0.15, 0.2) is 0 Å². The van der Waals surface area contributed by atoms with Gasteiger partial charge >= 0.3 is 5.97 Å². The molecule has 2 heterocycles. The summed E-state index contributed by atoms with van der Waals surface area (Å²) in [6.07, 6.45) is 2.79. The number of halogens is 1. The summed E-state index contributed by atoms with van der Waals surface area (Å²) in [6, 6.07) is 2.86. The minimum absolute atomic E-state index is 0.317. The van der Waals surface area contributed by atoms with Gasteiger partial charge in [0, 0.05) is 12.7 Å². The Balaban J connectivity index is 2.34. The number of carboxylic acids is 1. The molecule has 1 fully saturated rings. The van der Waals surface area contributed by atoms with Gasteiger partial charge in [0.25, 0.3) is 0 Å². The lowest BCUT2D eigenvalue weighted by molar-refractivity contribution is -0.138. The third-order valence-electron chi connectivity index (χ3n) is 2.76. The largest absolute Gasteiger partial charge is 0.480 e. The van der Waals surface area contributed by atoms with Crippen LogP contribution in [0.15, 0.2) is 12.3 Å². The first-order valence-electron chi connectivity index (χ1n) is 5.18. The predicted octanol–water partition coefficient (Wildman–Crippen LogP) is 1.66. The molecule has 1 aliphatic rings. The lowest BCUT2D eigenvalue weighted by atomic mass is 10.2. The average molecular weight is 252 g/mol. The molecule has 0 unspecified atom stereocenters. The van der Waals surface area contributed by atoms with Gasteiger partial charge in [-0.25, -0.2) is 9.78 Å². The monoisotopic (exact) mass is 251 g/mol. The van der Waals surface area contributed by atoms with Gasteiger partial charge in [-0.1, -0.05) is 11.6 Å². The van der Waals surface area contributed by atoms with Crippen LogP contribution in [0, 0.1) is 11.3 Å². The number of aliphatic carboxylic acids is 1. The fourth-order valence-corrected chi connectivity index (χ4v) is 2.26. The first kappa shape index (κ1) is 11.7. The van der Waals surface area contributed by atoms with Gasteiger partial charge in [-0.15, -0.1) is 0 Å². The van der Waals surface area contributed by atoms with Crippen LogP contribution in [0.4, 0.5) is 5.82 Å². The van der Waals surface area contributed by atoms with Gasteiger partial charge in [0.05, 0.1) is 10.6 Å². The first-order valence-corrected chi connectivity index (χ1v) is 5.56. The highest BCUT2D eigenvalue weighted by Gasteiger charge is 2.32. The normalized spacial score (nSPS) is 19.1. The number of hydrogen-bond acceptors (Lipinski definition) is 4. The van der Waals surface area contributed by atoms with Gasteiger partial charge in [0.1, 0.15) is 17.9 Å². The Morgan fingerprint density at radius 3 is 3.06 bits per heavy atom. The van der Waals surface area contributed by atoms with E-state index < -0.39 is 12.0 Å². The van der Waals surface area contributed by atoms with Crippen LogP contribution in [0.3, 0.4) is 0 Å². The second-order valence-corrected chi connectivity index (χ2v) is 4.24. The van der Waals surface area contributed by atoms with E-state index in [1.807, 2.05) is 6.07 Å². The van der Waals surface area contributed by atoms with E-state index in [0.29, 0.717) is 29.4 Å². The van der Waals surface area contributed by atoms with Crippen LogP contribution >= 0.6 is 11.6 Å². The van der Waals surface area contributed by atoms with Gasteiger partial charge in [0.2, 0.25) is 0 Å². The third-order valence-corrected chi connectivity index (χ3v) is 3.04. The molecule has 0 aromatic carbocycles. The summed E-state index contributed by atoms with van der Waals surface area (Å²) in [6.45, 7) is 0.621. The summed E-state index contributed by atoms with van der Waals surface area (Å²) in [5.41, 5.74) is 0.366. The number of carbonyl (C=O) groups is 1. The van der Waals surface area contributed by atoms with Gasteiger partial charge in [-0.3, -0.25) is 0 Å². The number of anilines is 1. The summed E-state index contributed by atoms with van der Waals surface area (Å²) in [5, 5.41) is 18.1. The Kier molecular flexibility index (Phi) is 3.16. The number of carboxylic acid groups (broad SMARTS) is 1. The van der Waals surface area contributed by atoms with Crippen LogP contribution in [-0.2, 0) is 4.79 Å². The minimum Gasteiger partial charge on any atom is -0.480 e. The molecule has 1 N–H and O–H groups in total. The van der Waals surface area contributed by atoms with Crippen LogP contribution in [0.1, 0.15) is 18.4 Å². The van der Waals surface area contributed by atoms with Crippen LogP contribution in [-0.4, -0.2) is 28.6 Å². The van der Waals surface area contributed by atoms with E-state index in [4.69, 9.17) is 22.0 Å². The maximum absolute atomic E-state index is 11.1.